The molecule has 8 nitrogen and oxygen atoms in total. The molecule has 0 aliphatic rings. The van der Waals surface area contributed by atoms with Crippen molar-refractivity contribution in [3.8, 4) is 11.3 Å². The van der Waals surface area contributed by atoms with E-state index in [9.17, 15) is 9.59 Å². The van der Waals surface area contributed by atoms with Gasteiger partial charge in [0.15, 0.2) is 16.5 Å². The summed E-state index contributed by atoms with van der Waals surface area (Å²) in [5, 5.41) is 3.36. The SMILES string of the molecule is CCc1ccc2nc(NC(=O)c3cc(-c4ccccc4)nc4c(C(N)=O)ncn34)sc2c1. The average Bonchev–Trinajstić information content (AvgIpc) is 3.41. The van der Waals surface area contributed by atoms with E-state index < -0.39 is 11.8 Å². The molecule has 0 aliphatic heterocycles. The predicted octanol–water partition coefficient (Wildman–Crippen LogP) is 3.92. The second-order valence-corrected chi connectivity index (χ2v) is 8.20. The smallest absolute Gasteiger partial charge is 0.274 e. The lowest BCUT2D eigenvalue weighted by Gasteiger charge is -2.09. The molecule has 0 atom stereocenters. The Kier molecular flexibility index (Phi) is 4.87. The first-order valence-corrected chi connectivity index (χ1v) is 10.8. The van der Waals surface area contributed by atoms with Crippen LogP contribution in [0.1, 0.15) is 33.5 Å². The van der Waals surface area contributed by atoms with Crippen LogP contribution >= 0.6 is 11.3 Å². The summed E-state index contributed by atoms with van der Waals surface area (Å²) in [5.74, 6) is -1.10. The summed E-state index contributed by atoms with van der Waals surface area (Å²) in [4.78, 5) is 38.2. The third kappa shape index (κ3) is 3.48. The molecular weight excluding hydrogens is 424 g/mol. The lowest BCUT2D eigenvalue weighted by atomic mass is 10.1. The molecule has 158 valence electrons. The molecular formula is C23H18N6O2S. The van der Waals surface area contributed by atoms with E-state index in [4.69, 9.17) is 5.73 Å². The number of nitrogens with two attached hydrogens (primary N) is 1. The Hall–Kier alpha value is -4.11. The lowest BCUT2D eigenvalue weighted by Crippen LogP contribution is -2.17. The van der Waals surface area contributed by atoms with Gasteiger partial charge in [-0.15, -0.1) is 0 Å². The van der Waals surface area contributed by atoms with Crippen LogP contribution in [-0.4, -0.2) is 31.2 Å². The van der Waals surface area contributed by atoms with E-state index in [0.717, 1.165) is 22.2 Å². The normalized spacial score (nSPS) is 11.2. The molecule has 3 N–H and O–H groups in total. The van der Waals surface area contributed by atoms with Gasteiger partial charge < -0.3 is 5.73 Å². The summed E-state index contributed by atoms with van der Waals surface area (Å²) < 4.78 is 2.47. The molecule has 3 heterocycles. The molecule has 32 heavy (non-hydrogen) atoms. The minimum atomic E-state index is -0.713. The molecule has 0 unspecified atom stereocenters. The van der Waals surface area contributed by atoms with Crippen LogP contribution < -0.4 is 11.1 Å². The third-order valence-corrected chi connectivity index (χ3v) is 6.05. The molecule has 5 aromatic rings. The van der Waals surface area contributed by atoms with Gasteiger partial charge in [-0.2, -0.15) is 0 Å². The number of rotatable bonds is 5. The van der Waals surface area contributed by atoms with Crippen LogP contribution in [-0.2, 0) is 6.42 Å². The first kappa shape index (κ1) is 19.8. The number of aryl methyl sites for hydroxylation is 1. The van der Waals surface area contributed by atoms with Crippen LogP contribution in [0.4, 0.5) is 5.13 Å². The van der Waals surface area contributed by atoms with Crippen LogP contribution in [0.25, 0.3) is 27.1 Å². The number of carbonyl (C=O) groups excluding carboxylic acids is 2. The number of primary amides is 1. The fraction of sp³-hybridized carbons (Fsp3) is 0.0870. The maximum atomic E-state index is 13.3. The number of amides is 2. The van der Waals surface area contributed by atoms with E-state index in [0.29, 0.717) is 10.8 Å². The summed E-state index contributed by atoms with van der Waals surface area (Å²) in [5.41, 5.74) is 9.32. The van der Waals surface area contributed by atoms with E-state index in [1.165, 1.54) is 27.6 Å². The minimum absolute atomic E-state index is 0.00362. The summed E-state index contributed by atoms with van der Waals surface area (Å²) in [6.45, 7) is 2.09. The van der Waals surface area contributed by atoms with Gasteiger partial charge >= 0.3 is 0 Å². The van der Waals surface area contributed by atoms with E-state index in [2.05, 4.69) is 33.3 Å². The van der Waals surface area contributed by atoms with Gasteiger partial charge in [-0.1, -0.05) is 54.7 Å². The van der Waals surface area contributed by atoms with Crippen molar-refractivity contribution in [1.29, 1.82) is 0 Å². The number of carbonyl (C=O) groups is 2. The molecule has 0 aliphatic carbocycles. The zero-order valence-electron chi connectivity index (χ0n) is 17.1. The molecule has 0 bridgehead atoms. The molecule has 0 saturated heterocycles. The van der Waals surface area contributed by atoms with Crippen molar-refractivity contribution < 1.29 is 9.59 Å². The molecule has 0 spiro atoms. The van der Waals surface area contributed by atoms with Gasteiger partial charge in [0.05, 0.1) is 15.9 Å². The molecule has 5 rings (SSSR count). The number of benzene rings is 2. The second kappa shape index (κ2) is 7.86. The van der Waals surface area contributed by atoms with Gasteiger partial charge in [-0.3, -0.25) is 19.3 Å². The number of hydrogen-bond acceptors (Lipinski definition) is 6. The summed E-state index contributed by atoms with van der Waals surface area (Å²) >= 11 is 1.41. The second-order valence-electron chi connectivity index (χ2n) is 7.17. The highest BCUT2D eigenvalue weighted by Gasteiger charge is 2.20. The molecule has 0 fully saturated rings. The van der Waals surface area contributed by atoms with Gasteiger partial charge in [-0.05, 0) is 30.2 Å². The van der Waals surface area contributed by atoms with Crippen molar-refractivity contribution in [2.24, 2.45) is 5.73 Å². The summed E-state index contributed by atoms with van der Waals surface area (Å²) in [7, 11) is 0. The first-order chi connectivity index (χ1) is 15.5. The number of nitrogens with one attached hydrogen (secondary N) is 1. The van der Waals surface area contributed by atoms with Crippen molar-refractivity contribution >= 4 is 44.1 Å². The molecule has 2 amide bonds. The zero-order valence-corrected chi connectivity index (χ0v) is 17.9. The Morgan fingerprint density at radius 2 is 1.91 bits per heavy atom. The molecule has 9 heteroatoms. The fourth-order valence-electron chi connectivity index (χ4n) is 3.48. The highest BCUT2D eigenvalue weighted by molar-refractivity contribution is 7.22. The maximum absolute atomic E-state index is 13.3. The molecule has 0 saturated carbocycles. The van der Waals surface area contributed by atoms with Gasteiger partial charge in [0.1, 0.15) is 12.0 Å². The summed E-state index contributed by atoms with van der Waals surface area (Å²) in [6.07, 6.45) is 2.30. The van der Waals surface area contributed by atoms with Crippen molar-refractivity contribution in [3.05, 3.63) is 77.9 Å². The number of hydrogen-bond donors (Lipinski definition) is 2. The molecule has 2 aromatic carbocycles. The maximum Gasteiger partial charge on any atom is 0.274 e. The Labute approximate surface area is 186 Å². The van der Waals surface area contributed by atoms with Crippen LogP contribution in [0.15, 0.2) is 60.9 Å². The van der Waals surface area contributed by atoms with Crippen LogP contribution in [0.5, 0.6) is 0 Å². The third-order valence-electron chi connectivity index (χ3n) is 5.12. The van der Waals surface area contributed by atoms with Gasteiger partial charge in [0.2, 0.25) is 0 Å². The number of thiazole rings is 1. The van der Waals surface area contributed by atoms with Crippen LogP contribution in [0.3, 0.4) is 0 Å². The van der Waals surface area contributed by atoms with Gasteiger partial charge in [0.25, 0.3) is 11.8 Å². The van der Waals surface area contributed by atoms with E-state index in [-0.39, 0.29) is 17.0 Å². The zero-order chi connectivity index (χ0) is 22.2. The topological polar surface area (TPSA) is 115 Å². The standard InChI is InChI=1S/C23H18N6O2S/c1-2-13-8-9-15-18(10-13)32-23(27-15)28-22(31)17-11-16(14-6-4-3-5-7-14)26-21-19(20(24)30)25-12-29(17)21/h3-12H,2H2,1H3,(H2,24,30)(H,27,28,31). The number of nitrogens with zero attached hydrogens (tertiary/aromatic N) is 4. The van der Waals surface area contributed by atoms with E-state index in [1.54, 1.807) is 6.07 Å². The highest BCUT2D eigenvalue weighted by Crippen LogP contribution is 2.28. The van der Waals surface area contributed by atoms with E-state index in [1.807, 2.05) is 42.5 Å². The average molecular weight is 443 g/mol. The first-order valence-electron chi connectivity index (χ1n) is 9.97. The predicted molar refractivity (Wildman–Crippen MR) is 124 cm³/mol. The van der Waals surface area contributed by atoms with Crippen molar-refractivity contribution in [1.82, 2.24) is 19.4 Å². The summed E-state index contributed by atoms with van der Waals surface area (Å²) in [6, 6.07) is 17.1. The number of anilines is 1. The molecule has 3 aromatic heterocycles. The number of fused-ring (bicyclic) bond motifs is 2. The van der Waals surface area contributed by atoms with Crippen molar-refractivity contribution in [2.75, 3.05) is 5.32 Å². The molecule has 0 radical (unpaired) electrons. The lowest BCUT2D eigenvalue weighted by molar-refractivity contribution is 0.0993. The number of aromatic nitrogens is 4. The van der Waals surface area contributed by atoms with Crippen molar-refractivity contribution in [2.45, 2.75) is 13.3 Å². The minimum Gasteiger partial charge on any atom is -0.364 e. The van der Waals surface area contributed by atoms with Gasteiger partial charge in [-0.25, -0.2) is 15.0 Å². The Morgan fingerprint density at radius 1 is 1.09 bits per heavy atom. The Morgan fingerprint density at radius 3 is 2.66 bits per heavy atom. The van der Waals surface area contributed by atoms with Crippen molar-refractivity contribution in [3.63, 3.8) is 0 Å². The Bertz CT molecular complexity index is 1490. The fourth-order valence-corrected chi connectivity index (χ4v) is 4.40. The number of imidazole rings is 1. The highest BCUT2D eigenvalue weighted by atomic mass is 32.1. The van der Waals surface area contributed by atoms with Crippen LogP contribution in [0, 0.1) is 0 Å². The van der Waals surface area contributed by atoms with E-state index >= 15 is 0 Å². The largest absolute Gasteiger partial charge is 0.364 e. The quantitative estimate of drug-likeness (QED) is 0.428. The monoisotopic (exact) mass is 442 g/mol. The van der Waals surface area contributed by atoms with Crippen LogP contribution in [0.2, 0.25) is 0 Å². The van der Waals surface area contributed by atoms with Gasteiger partial charge in [0, 0.05) is 5.56 Å². The Balaban J connectivity index is 1.59.